The standard InChI is InChI=1S/C20H25NO2/c1-16(2)13-19(20(22)23)21(14-17-9-5-3-6-10-17)15-18-11-7-4-8-12-18/h3-12,16,19H,13-15H2,1-2H3,(H,22,23)/t19-/m0/s1. The van der Waals surface area contributed by atoms with Crippen LogP contribution in [0.5, 0.6) is 0 Å². The molecule has 3 nitrogen and oxygen atoms in total. The number of nitrogens with one attached hydrogen (secondary N) is 1. The van der Waals surface area contributed by atoms with Gasteiger partial charge in [0.15, 0.2) is 0 Å². The van der Waals surface area contributed by atoms with Gasteiger partial charge in [-0.2, -0.15) is 0 Å². The third kappa shape index (κ3) is 5.53. The molecule has 0 aliphatic rings. The summed E-state index contributed by atoms with van der Waals surface area (Å²) in [6.45, 7) is 5.47. The second-order valence-electron chi connectivity index (χ2n) is 6.48. The zero-order valence-electron chi connectivity index (χ0n) is 13.9. The predicted molar refractivity (Wildman–Crippen MR) is 89.5 cm³/mol. The van der Waals surface area contributed by atoms with Gasteiger partial charge in [0.2, 0.25) is 0 Å². The minimum Gasteiger partial charge on any atom is -0.544 e. The van der Waals surface area contributed by atoms with Crippen LogP contribution in [0.1, 0.15) is 31.4 Å². The van der Waals surface area contributed by atoms with E-state index in [4.69, 9.17) is 0 Å². The van der Waals surface area contributed by atoms with Crippen molar-refractivity contribution in [1.82, 2.24) is 0 Å². The van der Waals surface area contributed by atoms with E-state index in [1.165, 1.54) is 0 Å². The van der Waals surface area contributed by atoms with E-state index in [0.717, 1.165) is 16.0 Å². The fourth-order valence-corrected chi connectivity index (χ4v) is 2.93. The van der Waals surface area contributed by atoms with Gasteiger partial charge >= 0.3 is 0 Å². The molecular weight excluding hydrogens is 286 g/mol. The van der Waals surface area contributed by atoms with Gasteiger partial charge in [-0.1, -0.05) is 74.5 Å². The Morgan fingerprint density at radius 2 is 1.35 bits per heavy atom. The largest absolute Gasteiger partial charge is 0.544 e. The summed E-state index contributed by atoms with van der Waals surface area (Å²) in [5.74, 6) is -0.639. The summed E-state index contributed by atoms with van der Waals surface area (Å²) in [6.07, 6.45) is 0.622. The number of carbonyl (C=O) groups is 1. The van der Waals surface area contributed by atoms with Crippen LogP contribution in [0.3, 0.4) is 0 Å². The van der Waals surface area contributed by atoms with E-state index in [2.05, 4.69) is 13.8 Å². The molecule has 2 aromatic rings. The van der Waals surface area contributed by atoms with Gasteiger partial charge in [-0.05, 0) is 5.92 Å². The van der Waals surface area contributed by atoms with Gasteiger partial charge in [-0.15, -0.1) is 0 Å². The Morgan fingerprint density at radius 3 is 1.70 bits per heavy atom. The van der Waals surface area contributed by atoms with Crippen LogP contribution >= 0.6 is 0 Å². The third-order valence-electron chi connectivity index (χ3n) is 4.03. The monoisotopic (exact) mass is 311 g/mol. The molecule has 1 atom stereocenters. The average molecular weight is 311 g/mol. The summed E-state index contributed by atoms with van der Waals surface area (Å²) in [5.41, 5.74) is 2.29. The first-order valence-corrected chi connectivity index (χ1v) is 8.19. The van der Waals surface area contributed by atoms with Gasteiger partial charge < -0.3 is 14.8 Å². The van der Waals surface area contributed by atoms with Gasteiger partial charge in [0, 0.05) is 17.5 Å². The van der Waals surface area contributed by atoms with Crippen molar-refractivity contribution in [3.63, 3.8) is 0 Å². The highest BCUT2D eigenvalue weighted by atomic mass is 16.4. The molecule has 0 saturated heterocycles. The number of aliphatic carboxylic acids is 1. The number of rotatable bonds is 8. The number of benzene rings is 2. The smallest absolute Gasteiger partial charge is 0.128 e. The van der Waals surface area contributed by atoms with Crippen molar-refractivity contribution in [3.05, 3.63) is 71.8 Å². The number of carboxylic acid groups (broad SMARTS) is 1. The Balaban J connectivity index is 2.23. The van der Waals surface area contributed by atoms with Crippen molar-refractivity contribution < 1.29 is 14.8 Å². The molecule has 0 unspecified atom stereocenters. The van der Waals surface area contributed by atoms with E-state index in [0.29, 0.717) is 25.4 Å². The molecule has 23 heavy (non-hydrogen) atoms. The molecule has 0 aliphatic heterocycles. The van der Waals surface area contributed by atoms with E-state index >= 15 is 0 Å². The van der Waals surface area contributed by atoms with E-state index in [1.807, 2.05) is 60.7 Å². The van der Waals surface area contributed by atoms with Crippen molar-refractivity contribution in [2.75, 3.05) is 0 Å². The number of hydrogen-bond acceptors (Lipinski definition) is 2. The molecule has 2 rings (SSSR count). The highest BCUT2D eigenvalue weighted by molar-refractivity contribution is 5.69. The van der Waals surface area contributed by atoms with Crippen LogP contribution in [0.25, 0.3) is 0 Å². The maximum Gasteiger partial charge on any atom is 0.128 e. The van der Waals surface area contributed by atoms with Crippen molar-refractivity contribution in [2.24, 2.45) is 5.92 Å². The summed E-state index contributed by atoms with van der Waals surface area (Å²) in [7, 11) is 0. The van der Waals surface area contributed by atoms with Crippen molar-refractivity contribution in [3.8, 4) is 0 Å². The van der Waals surface area contributed by atoms with Gasteiger partial charge in [-0.25, -0.2) is 0 Å². The third-order valence-corrected chi connectivity index (χ3v) is 4.03. The Labute approximate surface area is 138 Å². The molecule has 0 radical (unpaired) electrons. The van der Waals surface area contributed by atoms with Crippen LogP contribution in [-0.4, -0.2) is 12.0 Å². The summed E-state index contributed by atoms with van der Waals surface area (Å²) in [6, 6.07) is 19.6. The van der Waals surface area contributed by atoms with Crippen molar-refractivity contribution >= 4 is 5.97 Å². The lowest BCUT2D eigenvalue weighted by Crippen LogP contribution is -3.15. The van der Waals surface area contributed by atoms with Crippen LogP contribution < -0.4 is 10.0 Å². The van der Waals surface area contributed by atoms with Gasteiger partial charge in [0.25, 0.3) is 0 Å². The molecule has 0 aromatic heterocycles. The van der Waals surface area contributed by atoms with Gasteiger partial charge in [0.05, 0.1) is 5.97 Å². The Bertz CT molecular complexity index is 554. The Hall–Kier alpha value is -2.13. The number of quaternary nitrogens is 1. The number of carbonyl (C=O) groups excluding carboxylic acids is 1. The normalized spacial score (nSPS) is 12.5. The highest BCUT2D eigenvalue weighted by Crippen LogP contribution is 2.05. The zero-order chi connectivity index (χ0) is 16.7. The van der Waals surface area contributed by atoms with E-state index in [9.17, 15) is 9.90 Å². The molecule has 0 aliphatic carbocycles. The van der Waals surface area contributed by atoms with Crippen molar-refractivity contribution in [1.29, 1.82) is 0 Å². The van der Waals surface area contributed by atoms with E-state index < -0.39 is 12.0 Å². The summed E-state index contributed by atoms with van der Waals surface area (Å²) in [4.78, 5) is 12.7. The zero-order valence-corrected chi connectivity index (χ0v) is 13.9. The first-order valence-electron chi connectivity index (χ1n) is 8.19. The summed E-state index contributed by atoms with van der Waals surface area (Å²) >= 11 is 0. The topological polar surface area (TPSA) is 44.6 Å². The molecule has 0 spiro atoms. The number of hydrogen-bond donors (Lipinski definition) is 1. The summed E-state index contributed by atoms with van der Waals surface area (Å²) < 4.78 is 0. The Kier molecular flexibility index (Phi) is 6.36. The Morgan fingerprint density at radius 1 is 0.913 bits per heavy atom. The molecule has 0 bridgehead atoms. The molecule has 0 heterocycles. The first-order chi connectivity index (χ1) is 11.1. The molecule has 1 N–H and O–H groups in total. The van der Waals surface area contributed by atoms with Crippen LogP contribution in [0.15, 0.2) is 60.7 Å². The fraction of sp³-hybridized carbons (Fsp3) is 0.350. The molecular formula is C20H25NO2. The second kappa shape index (κ2) is 8.49. The van der Waals surface area contributed by atoms with Crippen LogP contribution in [-0.2, 0) is 17.9 Å². The molecule has 3 heteroatoms. The summed E-state index contributed by atoms with van der Waals surface area (Å²) in [5, 5.41) is 11.7. The SMILES string of the molecule is CC(C)C[C@@H](C(=O)[O-])[NH+](Cc1ccccc1)Cc1ccccc1. The molecule has 0 fully saturated rings. The molecule has 122 valence electrons. The lowest BCUT2D eigenvalue weighted by Gasteiger charge is -2.30. The lowest BCUT2D eigenvalue weighted by molar-refractivity contribution is -0.946. The minimum atomic E-state index is -0.958. The van der Waals surface area contributed by atoms with Gasteiger partial charge in [0.1, 0.15) is 19.1 Å². The lowest BCUT2D eigenvalue weighted by atomic mass is 10.0. The number of carboxylic acids is 1. The minimum absolute atomic E-state index is 0.319. The average Bonchev–Trinajstić information content (AvgIpc) is 2.53. The highest BCUT2D eigenvalue weighted by Gasteiger charge is 2.25. The molecule has 0 amide bonds. The van der Waals surface area contributed by atoms with Gasteiger partial charge in [-0.3, -0.25) is 0 Å². The van der Waals surface area contributed by atoms with E-state index in [1.54, 1.807) is 0 Å². The maximum absolute atomic E-state index is 11.7. The maximum atomic E-state index is 11.7. The molecule has 0 saturated carbocycles. The van der Waals surface area contributed by atoms with Crippen LogP contribution in [0.2, 0.25) is 0 Å². The second-order valence-corrected chi connectivity index (χ2v) is 6.48. The van der Waals surface area contributed by atoms with Crippen LogP contribution in [0.4, 0.5) is 0 Å². The van der Waals surface area contributed by atoms with E-state index in [-0.39, 0.29) is 0 Å². The van der Waals surface area contributed by atoms with Crippen LogP contribution in [0, 0.1) is 5.92 Å². The molecule has 2 aromatic carbocycles. The van der Waals surface area contributed by atoms with Crippen molar-refractivity contribution in [2.45, 2.75) is 39.4 Å². The predicted octanol–water partition coefficient (Wildman–Crippen LogP) is 1.44. The quantitative estimate of drug-likeness (QED) is 0.802. The fourth-order valence-electron chi connectivity index (χ4n) is 2.93. The first kappa shape index (κ1) is 17.2.